The second-order valence-corrected chi connectivity index (χ2v) is 5.85. The molecular formula is C12H12ClN3OS. The smallest absolute Gasteiger partial charge is 0.238 e. The second kappa shape index (κ2) is 6.02. The Balaban J connectivity index is 2.06. The van der Waals surface area contributed by atoms with E-state index >= 15 is 0 Å². The van der Waals surface area contributed by atoms with Gasteiger partial charge < -0.3 is 4.74 Å². The van der Waals surface area contributed by atoms with Gasteiger partial charge in [-0.15, -0.1) is 22.0 Å². The van der Waals surface area contributed by atoms with Crippen molar-refractivity contribution < 1.29 is 4.74 Å². The molecule has 4 nitrogen and oxygen atoms in total. The van der Waals surface area contributed by atoms with E-state index in [4.69, 9.17) is 16.3 Å². The van der Waals surface area contributed by atoms with E-state index in [0.29, 0.717) is 21.9 Å². The molecule has 0 unspecified atom stereocenters. The zero-order valence-corrected chi connectivity index (χ0v) is 11.6. The lowest BCUT2D eigenvalue weighted by Crippen LogP contribution is -1.94. The van der Waals surface area contributed by atoms with Gasteiger partial charge in [-0.3, -0.25) is 4.98 Å². The third-order valence-electron chi connectivity index (χ3n) is 1.87. The van der Waals surface area contributed by atoms with Crippen molar-refractivity contribution in [1.29, 1.82) is 0 Å². The molecule has 18 heavy (non-hydrogen) atoms. The number of hydrogen-bond donors (Lipinski definition) is 0. The Bertz CT molecular complexity index is 519. The Labute approximate surface area is 115 Å². The van der Waals surface area contributed by atoms with Crippen LogP contribution in [0.2, 0.25) is 5.02 Å². The van der Waals surface area contributed by atoms with Crippen LogP contribution in [0.15, 0.2) is 35.6 Å². The van der Waals surface area contributed by atoms with Crippen LogP contribution >= 0.6 is 23.4 Å². The third-order valence-corrected chi connectivity index (χ3v) is 3.01. The Morgan fingerprint density at radius 2 is 2.06 bits per heavy atom. The van der Waals surface area contributed by atoms with Crippen LogP contribution in [0.3, 0.4) is 0 Å². The molecule has 2 rings (SSSR count). The van der Waals surface area contributed by atoms with E-state index in [1.54, 1.807) is 36.3 Å². The molecule has 2 aromatic rings. The van der Waals surface area contributed by atoms with Gasteiger partial charge in [0.05, 0.1) is 11.2 Å². The highest BCUT2D eigenvalue weighted by atomic mass is 35.5. The summed E-state index contributed by atoms with van der Waals surface area (Å²) in [5.41, 5.74) is 0. The molecule has 2 aromatic heterocycles. The fraction of sp³-hybridized carbons (Fsp3) is 0.250. The molecule has 0 fully saturated rings. The van der Waals surface area contributed by atoms with Crippen molar-refractivity contribution in [2.75, 3.05) is 0 Å². The van der Waals surface area contributed by atoms with Gasteiger partial charge in [-0.05, 0) is 6.07 Å². The lowest BCUT2D eigenvalue weighted by molar-refractivity contribution is 0.450. The van der Waals surface area contributed by atoms with Crippen LogP contribution in [0.1, 0.15) is 13.8 Å². The predicted octanol–water partition coefficient (Wildman–Crippen LogP) is 3.82. The minimum Gasteiger partial charge on any atom is -0.436 e. The van der Waals surface area contributed by atoms with Crippen molar-refractivity contribution >= 4 is 23.4 Å². The molecule has 6 heteroatoms. The van der Waals surface area contributed by atoms with Crippen LogP contribution in [0, 0.1) is 0 Å². The van der Waals surface area contributed by atoms with Crippen LogP contribution in [0.25, 0.3) is 0 Å². The number of ether oxygens (including phenoxy) is 1. The normalized spacial score (nSPS) is 10.7. The van der Waals surface area contributed by atoms with E-state index in [2.05, 4.69) is 29.0 Å². The monoisotopic (exact) mass is 281 g/mol. The summed E-state index contributed by atoms with van der Waals surface area (Å²) in [4.78, 5) is 3.93. The van der Waals surface area contributed by atoms with Gasteiger partial charge in [0.1, 0.15) is 10.8 Å². The first-order valence-electron chi connectivity index (χ1n) is 5.42. The fourth-order valence-corrected chi connectivity index (χ4v) is 2.12. The number of hydrogen-bond acceptors (Lipinski definition) is 5. The van der Waals surface area contributed by atoms with Crippen molar-refractivity contribution in [2.45, 2.75) is 24.1 Å². The number of pyridine rings is 1. The van der Waals surface area contributed by atoms with Gasteiger partial charge in [-0.1, -0.05) is 25.4 Å². The van der Waals surface area contributed by atoms with E-state index in [0.717, 1.165) is 5.03 Å². The first kappa shape index (κ1) is 13.1. The summed E-state index contributed by atoms with van der Waals surface area (Å²) < 4.78 is 5.49. The van der Waals surface area contributed by atoms with Crippen molar-refractivity contribution in [3.8, 4) is 11.6 Å². The van der Waals surface area contributed by atoms with Crippen LogP contribution in [-0.2, 0) is 0 Å². The Morgan fingerprint density at radius 1 is 1.22 bits per heavy atom. The average Bonchev–Trinajstić information content (AvgIpc) is 2.31. The first-order chi connectivity index (χ1) is 8.63. The SMILES string of the molecule is CC(C)Sc1ccc(Oc2cncc(Cl)c2)nn1. The molecular weight excluding hydrogens is 270 g/mol. The highest BCUT2D eigenvalue weighted by Crippen LogP contribution is 2.24. The third kappa shape index (κ3) is 3.85. The van der Waals surface area contributed by atoms with E-state index in [-0.39, 0.29) is 0 Å². The molecule has 0 radical (unpaired) electrons. The number of rotatable bonds is 4. The van der Waals surface area contributed by atoms with Crippen LogP contribution in [0.5, 0.6) is 11.6 Å². The maximum atomic E-state index is 5.81. The predicted molar refractivity (Wildman–Crippen MR) is 72.3 cm³/mol. The Kier molecular flexibility index (Phi) is 4.38. The lowest BCUT2D eigenvalue weighted by Gasteiger charge is -2.05. The summed E-state index contributed by atoms with van der Waals surface area (Å²) >= 11 is 7.46. The summed E-state index contributed by atoms with van der Waals surface area (Å²) in [5, 5.41) is 9.94. The van der Waals surface area contributed by atoms with Gasteiger partial charge in [0, 0.05) is 23.6 Å². The maximum Gasteiger partial charge on any atom is 0.238 e. The zero-order valence-electron chi connectivity index (χ0n) is 10.0. The van der Waals surface area contributed by atoms with Gasteiger partial charge in [-0.25, -0.2) is 0 Å². The highest BCUT2D eigenvalue weighted by molar-refractivity contribution is 7.99. The number of halogens is 1. The van der Waals surface area contributed by atoms with Crippen molar-refractivity contribution in [1.82, 2.24) is 15.2 Å². The van der Waals surface area contributed by atoms with Crippen LogP contribution < -0.4 is 4.74 Å². The maximum absolute atomic E-state index is 5.81. The fourth-order valence-electron chi connectivity index (χ4n) is 1.24. The summed E-state index contributed by atoms with van der Waals surface area (Å²) in [6.07, 6.45) is 3.12. The summed E-state index contributed by atoms with van der Waals surface area (Å²) in [6, 6.07) is 5.33. The number of thioether (sulfide) groups is 1. The first-order valence-corrected chi connectivity index (χ1v) is 6.68. The van der Waals surface area contributed by atoms with Gasteiger partial charge in [0.25, 0.3) is 0 Å². The molecule has 0 aromatic carbocycles. The van der Waals surface area contributed by atoms with E-state index in [1.807, 2.05) is 6.07 Å². The Hall–Kier alpha value is -1.33. The minimum atomic E-state index is 0.423. The molecule has 0 saturated carbocycles. The second-order valence-electron chi connectivity index (χ2n) is 3.82. The largest absolute Gasteiger partial charge is 0.436 e. The highest BCUT2D eigenvalue weighted by Gasteiger charge is 2.03. The van der Waals surface area contributed by atoms with Crippen molar-refractivity contribution in [2.24, 2.45) is 0 Å². The topological polar surface area (TPSA) is 47.9 Å². The minimum absolute atomic E-state index is 0.423. The van der Waals surface area contributed by atoms with Gasteiger partial charge >= 0.3 is 0 Å². The van der Waals surface area contributed by atoms with Gasteiger partial charge in [-0.2, -0.15) is 0 Å². The Morgan fingerprint density at radius 3 is 2.67 bits per heavy atom. The van der Waals surface area contributed by atoms with Crippen LogP contribution in [-0.4, -0.2) is 20.4 Å². The molecule has 0 N–H and O–H groups in total. The molecule has 0 bridgehead atoms. The molecule has 0 aliphatic carbocycles. The molecule has 0 aliphatic heterocycles. The quantitative estimate of drug-likeness (QED) is 0.798. The summed E-state index contributed by atoms with van der Waals surface area (Å²) in [5.74, 6) is 0.966. The summed E-state index contributed by atoms with van der Waals surface area (Å²) in [6.45, 7) is 4.21. The number of aromatic nitrogens is 3. The molecule has 0 atom stereocenters. The molecule has 0 saturated heterocycles. The average molecular weight is 282 g/mol. The molecule has 0 aliphatic rings. The van der Waals surface area contributed by atoms with Crippen molar-refractivity contribution in [3.63, 3.8) is 0 Å². The van der Waals surface area contributed by atoms with E-state index < -0.39 is 0 Å². The van der Waals surface area contributed by atoms with Gasteiger partial charge in [0.15, 0.2) is 0 Å². The molecule has 2 heterocycles. The lowest BCUT2D eigenvalue weighted by atomic mass is 10.4. The number of nitrogens with zero attached hydrogens (tertiary/aromatic N) is 3. The molecule has 0 spiro atoms. The molecule has 94 valence electrons. The standard InChI is InChI=1S/C12H12ClN3OS/c1-8(2)18-12-4-3-11(15-16-12)17-10-5-9(13)6-14-7-10/h3-8H,1-2H3. The van der Waals surface area contributed by atoms with Crippen molar-refractivity contribution in [3.05, 3.63) is 35.6 Å². The summed E-state index contributed by atoms with van der Waals surface area (Å²) in [7, 11) is 0. The van der Waals surface area contributed by atoms with Crippen LogP contribution in [0.4, 0.5) is 0 Å². The van der Waals surface area contributed by atoms with E-state index in [9.17, 15) is 0 Å². The van der Waals surface area contributed by atoms with Gasteiger partial charge in [0.2, 0.25) is 5.88 Å². The van der Waals surface area contributed by atoms with E-state index in [1.165, 1.54) is 0 Å². The zero-order chi connectivity index (χ0) is 13.0. The molecule has 0 amide bonds.